The van der Waals surface area contributed by atoms with Gasteiger partial charge in [0.2, 0.25) is 0 Å². The molecule has 1 aliphatic heterocycles. The van der Waals surface area contributed by atoms with Crippen LogP contribution in [0.2, 0.25) is 0 Å². The number of carbonyl (C=O) groups is 1. The van der Waals surface area contributed by atoms with Crippen molar-refractivity contribution in [1.29, 1.82) is 0 Å². The van der Waals surface area contributed by atoms with E-state index in [1.54, 1.807) is 0 Å². The van der Waals surface area contributed by atoms with Gasteiger partial charge in [0.25, 0.3) is 0 Å². The second kappa shape index (κ2) is 3.12. The lowest BCUT2D eigenvalue weighted by Gasteiger charge is -1.98. The molecule has 1 aliphatic rings. The highest BCUT2D eigenvalue weighted by atomic mass is 16.5. The fraction of sp³-hybridized carbons (Fsp3) is 0.250. The minimum absolute atomic E-state index is 0.172. The van der Waals surface area contributed by atoms with E-state index in [1.165, 1.54) is 0 Å². The van der Waals surface area contributed by atoms with Gasteiger partial charge in [0, 0.05) is 11.8 Å². The molecule has 3 nitrogen and oxygen atoms in total. The van der Waals surface area contributed by atoms with Crippen molar-refractivity contribution < 1.29 is 13.9 Å². The van der Waals surface area contributed by atoms with Crippen LogP contribution >= 0.6 is 0 Å². The summed E-state index contributed by atoms with van der Waals surface area (Å²) in [6.07, 6.45) is 0.721. The molecule has 0 N–H and O–H groups in total. The topological polar surface area (TPSA) is 39.4 Å². The quantitative estimate of drug-likeness (QED) is 0.667. The molecule has 1 fully saturated rings. The summed E-state index contributed by atoms with van der Waals surface area (Å²) >= 11 is 0. The van der Waals surface area contributed by atoms with E-state index in [0.717, 1.165) is 23.2 Å². The first kappa shape index (κ1) is 8.53. The Morgan fingerprint density at radius 3 is 2.87 bits per heavy atom. The highest BCUT2D eigenvalue weighted by Crippen LogP contribution is 2.31. The molecule has 1 atom stereocenters. The normalized spacial score (nSPS) is 20.8. The largest absolute Gasteiger partial charge is 0.465 e. The van der Waals surface area contributed by atoms with Crippen LogP contribution < -0.4 is 0 Å². The van der Waals surface area contributed by atoms with Crippen LogP contribution in [0.5, 0.6) is 0 Å². The van der Waals surface area contributed by atoms with Gasteiger partial charge in [-0.2, -0.15) is 0 Å². The molecule has 0 bridgehead atoms. The van der Waals surface area contributed by atoms with Gasteiger partial charge < -0.3 is 9.15 Å². The second-order valence-corrected chi connectivity index (χ2v) is 3.70. The van der Waals surface area contributed by atoms with Gasteiger partial charge in [-0.25, -0.2) is 0 Å². The number of cyclic esters (lactones) is 1. The highest BCUT2D eigenvalue weighted by Gasteiger charge is 2.30. The lowest BCUT2D eigenvalue weighted by Crippen LogP contribution is -2.03. The summed E-state index contributed by atoms with van der Waals surface area (Å²) in [5.41, 5.74) is 0.826. The maximum Gasteiger partial charge on any atom is 0.316 e. The molecule has 0 radical (unpaired) electrons. The van der Waals surface area contributed by atoms with Crippen molar-refractivity contribution in [3.8, 4) is 0 Å². The van der Waals surface area contributed by atoms with Crippen molar-refractivity contribution >= 4 is 16.9 Å². The number of fused-ring (bicyclic) bond motifs is 1. The number of furan rings is 1. The summed E-state index contributed by atoms with van der Waals surface area (Å²) in [6, 6.07) is 9.67. The number of hydrogen-bond acceptors (Lipinski definition) is 3. The number of esters is 1. The van der Waals surface area contributed by atoms with Gasteiger partial charge in [-0.05, 0) is 12.1 Å². The van der Waals surface area contributed by atoms with Crippen molar-refractivity contribution in [2.24, 2.45) is 0 Å². The minimum atomic E-state index is -0.211. The third-order valence-corrected chi connectivity index (χ3v) is 2.72. The van der Waals surface area contributed by atoms with Crippen LogP contribution in [0, 0.1) is 0 Å². The Morgan fingerprint density at radius 1 is 1.27 bits per heavy atom. The Balaban J connectivity index is 2.08. The van der Waals surface area contributed by atoms with Crippen LogP contribution in [-0.2, 0) is 9.53 Å². The molecule has 1 aromatic carbocycles. The molecule has 3 rings (SSSR count). The van der Waals surface area contributed by atoms with Crippen LogP contribution in [0.1, 0.15) is 18.1 Å². The second-order valence-electron chi connectivity index (χ2n) is 3.70. The molecular weight excluding hydrogens is 192 g/mol. The molecule has 1 aromatic heterocycles. The number of benzene rings is 1. The Hall–Kier alpha value is -1.77. The first-order chi connectivity index (χ1) is 7.34. The van der Waals surface area contributed by atoms with Gasteiger partial charge in [-0.15, -0.1) is 0 Å². The average Bonchev–Trinajstić information content (AvgIpc) is 2.82. The van der Waals surface area contributed by atoms with Gasteiger partial charge in [0.15, 0.2) is 0 Å². The molecule has 0 amide bonds. The molecule has 1 unspecified atom stereocenters. The summed E-state index contributed by atoms with van der Waals surface area (Å²) in [5.74, 6) is 0.338. The molecule has 0 aliphatic carbocycles. The third kappa shape index (κ3) is 1.31. The van der Waals surface area contributed by atoms with Gasteiger partial charge in [-0.3, -0.25) is 4.79 Å². The number of carbonyl (C=O) groups excluding carboxylic acids is 1. The first-order valence-electron chi connectivity index (χ1n) is 5.00. The van der Waals surface area contributed by atoms with E-state index in [-0.39, 0.29) is 11.9 Å². The van der Waals surface area contributed by atoms with Crippen molar-refractivity contribution in [1.82, 2.24) is 0 Å². The molecule has 1 saturated heterocycles. The molecule has 2 aromatic rings. The van der Waals surface area contributed by atoms with E-state index in [2.05, 4.69) is 0 Å². The monoisotopic (exact) mass is 202 g/mol. The smallest absolute Gasteiger partial charge is 0.316 e. The number of ether oxygens (including phenoxy) is 1. The van der Waals surface area contributed by atoms with E-state index < -0.39 is 0 Å². The number of para-hydroxylation sites is 1. The number of rotatable bonds is 1. The molecule has 0 saturated carbocycles. The van der Waals surface area contributed by atoms with E-state index >= 15 is 0 Å². The van der Waals surface area contributed by atoms with Crippen molar-refractivity contribution in [3.05, 3.63) is 36.1 Å². The van der Waals surface area contributed by atoms with Crippen LogP contribution in [-0.4, -0.2) is 12.6 Å². The Labute approximate surface area is 86.6 Å². The van der Waals surface area contributed by atoms with E-state index in [9.17, 15) is 4.79 Å². The van der Waals surface area contributed by atoms with Crippen molar-refractivity contribution in [3.63, 3.8) is 0 Å². The lowest BCUT2D eigenvalue weighted by atomic mass is 10.1. The predicted octanol–water partition coefficient (Wildman–Crippen LogP) is 2.46. The van der Waals surface area contributed by atoms with E-state index in [0.29, 0.717) is 6.61 Å². The molecular formula is C12H10O3. The zero-order valence-corrected chi connectivity index (χ0v) is 8.10. The molecule has 2 heterocycles. The SMILES string of the molecule is O=C1OCCC1c1cc2ccccc2o1. The summed E-state index contributed by atoms with van der Waals surface area (Å²) in [5, 5.41) is 1.03. The summed E-state index contributed by atoms with van der Waals surface area (Å²) in [4.78, 5) is 11.4. The van der Waals surface area contributed by atoms with Crippen LogP contribution in [0.4, 0.5) is 0 Å². The summed E-state index contributed by atoms with van der Waals surface area (Å²) < 4.78 is 10.5. The molecule has 0 spiro atoms. The standard InChI is InChI=1S/C12H10O3/c13-12-9(5-6-14-12)11-7-8-3-1-2-4-10(8)15-11/h1-4,7,9H,5-6H2. The van der Waals surface area contributed by atoms with Crippen molar-refractivity contribution in [2.45, 2.75) is 12.3 Å². The zero-order valence-electron chi connectivity index (χ0n) is 8.10. The fourth-order valence-electron chi connectivity index (χ4n) is 1.93. The van der Waals surface area contributed by atoms with E-state index in [1.807, 2.05) is 30.3 Å². The van der Waals surface area contributed by atoms with Gasteiger partial charge in [0.1, 0.15) is 17.3 Å². The molecule has 76 valence electrons. The first-order valence-corrected chi connectivity index (χ1v) is 5.00. The maximum atomic E-state index is 11.4. The minimum Gasteiger partial charge on any atom is -0.465 e. The Kier molecular flexibility index (Phi) is 1.78. The lowest BCUT2D eigenvalue weighted by molar-refractivity contribution is -0.139. The van der Waals surface area contributed by atoms with Crippen LogP contribution in [0.3, 0.4) is 0 Å². The maximum absolute atomic E-state index is 11.4. The fourth-order valence-corrected chi connectivity index (χ4v) is 1.93. The van der Waals surface area contributed by atoms with Crippen LogP contribution in [0.25, 0.3) is 11.0 Å². The Bertz CT molecular complexity index is 479. The predicted molar refractivity (Wildman–Crippen MR) is 54.5 cm³/mol. The van der Waals surface area contributed by atoms with Crippen LogP contribution in [0.15, 0.2) is 34.7 Å². The third-order valence-electron chi connectivity index (χ3n) is 2.72. The van der Waals surface area contributed by atoms with Gasteiger partial charge in [0.05, 0.1) is 6.61 Å². The highest BCUT2D eigenvalue weighted by molar-refractivity contribution is 5.83. The van der Waals surface area contributed by atoms with Crippen molar-refractivity contribution in [2.75, 3.05) is 6.61 Å². The van der Waals surface area contributed by atoms with Gasteiger partial charge in [-0.1, -0.05) is 18.2 Å². The molecule has 3 heteroatoms. The number of hydrogen-bond donors (Lipinski definition) is 0. The Morgan fingerprint density at radius 2 is 2.13 bits per heavy atom. The summed E-state index contributed by atoms with van der Waals surface area (Å²) in [6.45, 7) is 0.501. The summed E-state index contributed by atoms with van der Waals surface area (Å²) in [7, 11) is 0. The zero-order chi connectivity index (χ0) is 10.3. The van der Waals surface area contributed by atoms with Gasteiger partial charge >= 0.3 is 5.97 Å². The van der Waals surface area contributed by atoms with E-state index in [4.69, 9.17) is 9.15 Å². The average molecular weight is 202 g/mol. The molecule has 15 heavy (non-hydrogen) atoms.